The van der Waals surface area contributed by atoms with E-state index in [1.54, 1.807) is 0 Å². The summed E-state index contributed by atoms with van der Waals surface area (Å²) in [5, 5.41) is 5.61. The van der Waals surface area contributed by atoms with Crippen LogP contribution < -0.4 is 16.4 Å². The number of anilines is 1. The molecule has 0 radical (unpaired) electrons. The molecule has 0 spiro atoms. The smallest absolute Gasteiger partial charge is 0.251 e. The molecule has 7 heteroatoms. The second-order valence-electron chi connectivity index (χ2n) is 5.33. The van der Waals surface area contributed by atoms with E-state index in [-0.39, 0.29) is 39.3 Å². The van der Waals surface area contributed by atoms with Gasteiger partial charge in [-0.3, -0.25) is 9.59 Å². The maximum Gasteiger partial charge on any atom is 0.251 e. The normalized spacial score (nSPS) is 11.1. The van der Waals surface area contributed by atoms with E-state index in [0.717, 1.165) is 0 Å². The van der Waals surface area contributed by atoms with Crippen LogP contribution in [0.15, 0.2) is 12.1 Å². The second-order valence-corrected chi connectivity index (χ2v) is 6.15. The molecular formula is C13H17Cl2N3O2. The number of carbonyl (C=O) groups excluding carboxylic acids is 2. The highest BCUT2D eigenvalue weighted by Crippen LogP contribution is 2.28. The van der Waals surface area contributed by atoms with Gasteiger partial charge in [-0.1, -0.05) is 23.2 Å². The first kappa shape index (κ1) is 16.6. The Labute approximate surface area is 127 Å². The van der Waals surface area contributed by atoms with Crippen LogP contribution in [0.1, 0.15) is 31.1 Å². The third-order valence-electron chi connectivity index (χ3n) is 2.27. The lowest BCUT2D eigenvalue weighted by Gasteiger charge is -2.20. The number of amides is 2. The molecule has 0 atom stereocenters. The zero-order valence-corrected chi connectivity index (χ0v) is 13.0. The van der Waals surface area contributed by atoms with E-state index in [1.807, 2.05) is 20.8 Å². The number of nitrogen functional groups attached to an aromatic ring is 1. The number of nitrogens with two attached hydrogens (primary N) is 1. The van der Waals surface area contributed by atoms with Crippen LogP contribution in [0.5, 0.6) is 0 Å². The van der Waals surface area contributed by atoms with Gasteiger partial charge in [0.1, 0.15) is 0 Å². The number of hydrogen-bond acceptors (Lipinski definition) is 3. The van der Waals surface area contributed by atoms with Crippen LogP contribution in [0.25, 0.3) is 0 Å². The predicted molar refractivity (Wildman–Crippen MR) is 81.1 cm³/mol. The van der Waals surface area contributed by atoms with Crippen molar-refractivity contribution in [3.63, 3.8) is 0 Å². The van der Waals surface area contributed by atoms with E-state index in [0.29, 0.717) is 0 Å². The quantitative estimate of drug-likeness (QED) is 0.747. The minimum atomic E-state index is -0.446. The van der Waals surface area contributed by atoms with Gasteiger partial charge in [-0.05, 0) is 32.9 Å². The van der Waals surface area contributed by atoms with Crippen molar-refractivity contribution in [2.75, 3.05) is 12.3 Å². The number of nitrogens with one attached hydrogen (secondary N) is 2. The van der Waals surface area contributed by atoms with Gasteiger partial charge in [-0.15, -0.1) is 0 Å². The van der Waals surface area contributed by atoms with E-state index in [2.05, 4.69) is 10.6 Å². The van der Waals surface area contributed by atoms with Crippen molar-refractivity contribution in [2.24, 2.45) is 0 Å². The van der Waals surface area contributed by atoms with Crippen molar-refractivity contribution < 1.29 is 9.59 Å². The van der Waals surface area contributed by atoms with E-state index >= 15 is 0 Å². The Bertz CT molecular complexity index is 516. The monoisotopic (exact) mass is 317 g/mol. The van der Waals surface area contributed by atoms with Crippen LogP contribution in [0.2, 0.25) is 10.0 Å². The maximum absolute atomic E-state index is 11.9. The predicted octanol–water partition coefficient (Wildman–Crippen LogP) is 2.22. The molecule has 0 saturated carbocycles. The summed E-state index contributed by atoms with van der Waals surface area (Å²) < 4.78 is 0. The Hall–Kier alpha value is -1.46. The minimum Gasteiger partial charge on any atom is -0.396 e. The zero-order chi connectivity index (χ0) is 15.5. The van der Waals surface area contributed by atoms with Gasteiger partial charge in [-0.2, -0.15) is 0 Å². The molecule has 110 valence electrons. The molecule has 5 nitrogen and oxygen atoms in total. The molecule has 0 saturated heterocycles. The van der Waals surface area contributed by atoms with Crippen LogP contribution in [0, 0.1) is 0 Å². The summed E-state index contributed by atoms with van der Waals surface area (Å²) in [5.41, 5.74) is 5.70. The minimum absolute atomic E-state index is 0.129. The fraction of sp³-hybridized carbons (Fsp3) is 0.385. The third kappa shape index (κ3) is 4.90. The molecule has 0 bridgehead atoms. The van der Waals surface area contributed by atoms with Crippen LogP contribution >= 0.6 is 23.2 Å². The molecule has 4 N–H and O–H groups in total. The van der Waals surface area contributed by atoms with E-state index < -0.39 is 5.91 Å². The topological polar surface area (TPSA) is 84.2 Å². The number of halogens is 2. The lowest BCUT2D eigenvalue weighted by Crippen LogP contribution is -2.45. The van der Waals surface area contributed by atoms with Gasteiger partial charge in [0.2, 0.25) is 5.91 Å². The Balaban J connectivity index is 2.66. The molecule has 0 unspecified atom stereocenters. The molecular weight excluding hydrogens is 301 g/mol. The van der Waals surface area contributed by atoms with Crippen LogP contribution in [0.3, 0.4) is 0 Å². The first-order valence-electron chi connectivity index (χ1n) is 5.94. The van der Waals surface area contributed by atoms with Crippen molar-refractivity contribution in [3.8, 4) is 0 Å². The van der Waals surface area contributed by atoms with E-state index in [9.17, 15) is 9.59 Å². The second kappa shape index (κ2) is 6.33. The van der Waals surface area contributed by atoms with Crippen LogP contribution in [-0.4, -0.2) is 23.9 Å². The van der Waals surface area contributed by atoms with Gasteiger partial charge in [0.15, 0.2) is 0 Å². The Morgan fingerprint density at radius 3 is 2.15 bits per heavy atom. The highest BCUT2D eigenvalue weighted by molar-refractivity contribution is 6.39. The van der Waals surface area contributed by atoms with E-state index in [1.165, 1.54) is 12.1 Å². The highest BCUT2D eigenvalue weighted by atomic mass is 35.5. The van der Waals surface area contributed by atoms with Crippen molar-refractivity contribution >= 4 is 40.7 Å². The largest absolute Gasteiger partial charge is 0.396 e. The summed E-state index contributed by atoms with van der Waals surface area (Å²) in [6.07, 6.45) is 0. The molecule has 20 heavy (non-hydrogen) atoms. The summed E-state index contributed by atoms with van der Waals surface area (Å²) in [4.78, 5) is 23.5. The van der Waals surface area contributed by atoms with Crippen LogP contribution in [0.4, 0.5) is 5.69 Å². The van der Waals surface area contributed by atoms with Gasteiger partial charge in [-0.25, -0.2) is 0 Å². The van der Waals surface area contributed by atoms with Crippen molar-refractivity contribution in [2.45, 2.75) is 26.3 Å². The van der Waals surface area contributed by atoms with Crippen molar-refractivity contribution in [3.05, 3.63) is 27.7 Å². The molecule has 1 aromatic carbocycles. The summed E-state index contributed by atoms with van der Waals surface area (Å²) in [6.45, 7) is 5.43. The summed E-state index contributed by atoms with van der Waals surface area (Å²) in [5.74, 6) is -0.726. The maximum atomic E-state index is 11.9. The SMILES string of the molecule is CC(C)(C)NC(=O)CNC(=O)c1cc(Cl)c(N)c(Cl)c1. The Kier molecular flexibility index (Phi) is 5.25. The van der Waals surface area contributed by atoms with Gasteiger partial charge < -0.3 is 16.4 Å². The highest BCUT2D eigenvalue weighted by Gasteiger charge is 2.15. The first-order chi connectivity index (χ1) is 9.10. The molecule has 1 aromatic rings. The first-order valence-corrected chi connectivity index (χ1v) is 6.69. The number of carbonyl (C=O) groups is 2. The average molecular weight is 318 g/mol. The molecule has 0 fully saturated rings. The standard InChI is InChI=1S/C13H17Cl2N3O2/c1-13(2,3)18-10(19)6-17-12(20)7-4-8(14)11(16)9(15)5-7/h4-5H,6,16H2,1-3H3,(H,17,20)(H,18,19). The number of benzene rings is 1. The molecule has 1 rings (SSSR count). The molecule has 0 aliphatic heterocycles. The molecule has 2 amide bonds. The third-order valence-corrected chi connectivity index (χ3v) is 2.89. The number of rotatable bonds is 3. The fourth-order valence-corrected chi connectivity index (χ4v) is 1.93. The van der Waals surface area contributed by atoms with E-state index in [4.69, 9.17) is 28.9 Å². The molecule has 0 aromatic heterocycles. The van der Waals surface area contributed by atoms with Crippen molar-refractivity contribution in [1.29, 1.82) is 0 Å². The van der Waals surface area contributed by atoms with Crippen LogP contribution in [-0.2, 0) is 4.79 Å². The summed E-state index contributed by atoms with van der Waals surface area (Å²) >= 11 is 11.7. The molecule has 0 aliphatic carbocycles. The lowest BCUT2D eigenvalue weighted by molar-refractivity contribution is -0.121. The number of hydrogen-bond donors (Lipinski definition) is 3. The Morgan fingerprint density at radius 2 is 1.70 bits per heavy atom. The van der Waals surface area contributed by atoms with Crippen molar-refractivity contribution in [1.82, 2.24) is 10.6 Å². The lowest BCUT2D eigenvalue weighted by atomic mass is 10.1. The van der Waals surface area contributed by atoms with Gasteiger partial charge in [0, 0.05) is 11.1 Å². The summed E-state index contributed by atoms with van der Waals surface area (Å²) in [6, 6.07) is 2.81. The average Bonchev–Trinajstić information content (AvgIpc) is 2.30. The fourth-order valence-electron chi connectivity index (χ4n) is 1.44. The van der Waals surface area contributed by atoms with Gasteiger partial charge in [0.25, 0.3) is 5.91 Å². The molecule has 0 heterocycles. The van der Waals surface area contributed by atoms with Gasteiger partial charge in [0.05, 0.1) is 22.3 Å². The zero-order valence-electron chi connectivity index (χ0n) is 11.5. The molecule has 0 aliphatic rings. The Morgan fingerprint density at radius 1 is 1.20 bits per heavy atom. The summed E-state index contributed by atoms with van der Waals surface area (Å²) in [7, 11) is 0. The van der Waals surface area contributed by atoms with Gasteiger partial charge >= 0.3 is 0 Å².